The minimum atomic E-state index is 0.0985. The van der Waals surface area contributed by atoms with Crippen LogP contribution in [0, 0.1) is 13.8 Å². The first kappa shape index (κ1) is 14.6. The molecule has 0 spiro atoms. The van der Waals surface area contributed by atoms with Crippen molar-refractivity contribution in [2.45, 2.75) is 37.9 Å². The first-order valence-corrected chi connectivity index (χ1v) is 8.28. The standard InChI is InChI=1S/C19H21BrO/c1-12-5-6-14(9-13(12)2)18(20)15-7-8-17-16(10-15)19(3,4)11-21-17/h5-10,18H,11H2,1-4H3. The van der Waals surface area contributed by atoms with Crippen LogP contribution in [0.15, 0.2) is 36.4 Å². The number of hydrogen-bond donors (Lipinski definition) is 0. The zero-order valence-electron chi connectivity index (χ0n) is 13.0. The first-order valence-electron chi connectivity index (χ1n) is 7.37. The van der Waals surface area contributed by atoms with Crippen LogP contribution < -0.4 is 4.74 Å². The number of alkyl halides is 1. The Bertz CT molecular complexity index is 688. The summed E-state index contributed by atoms with van der Waals surface area (Å²) in [7, 11) is 0. The Morgan fingerprint density at radius 1 is 1.00 bits per heavy atom. The summed E-state index contributed by atoms with van der Waals surface area (Å²) < 4.78 is 5.77. The van der Waals surface area contributed by atoms with E-state index in [1.807, 2.05) is 0 Å². The van der Waals surface area contributed by atoms with Crippen molar-refractivity contribution in [2.75, 3.05) is 6.61 Å². The fourth-order valence-corrected chi connectivity index (χ4v) is 3.38. The van der Waals surface area contributed by atoms with Gasteiger partial charge in [-0.2, -0.15) is 0 Å². The van der Waals surface area contributed by atoms with Crippen molar-refractivity contribution >= 4 is 15.9 Å². The maximum Gasteiger partial charge on any atom is 0.123 e. The van der Waals surface area contributed by atoms with Gasteiger partial charge in [0, 0.05) is 11.0 Å². The number of halogens is 1. The van der Waals surface area contributed by atoms with E-state index >= 15 is 0 Å². The smallest absolute Gasteiger partial charge is 0.123 e. The van der Waals surface area contributed by atoms with Crippen molar-refractivity contribution in [3.05, 3.63) is 64.2 Å². The molecule has 0 radical (unpaired) electrons. The number of rotatable bonds is 2. The summed E-state index contributed by atoms with van der Waals surface area (Å²) in [5.74, 6) is 1.03. The third-order valence-electron chi connectivity index (χ3n) is 4.44. The molecule has 0 aliphatic carbocycles. The Hall–Kier alpha value is -1.28. The molecule has 2 heteroatoms. The van der Waals surface area contributed by atoms with Crippen LogP contribution in [0.25, 0.3) is 0 Å². The van der Waals surface area contributed by atoms with Crippen molar-refractivity contribution in [3.63, 3.8) is 0 Å². The molecule has 110 valence electrons. The number of ether oxygens (including phenoxy) is 1. The van der Waals surface area contributed by atoms with Gasteiger partial charge >= 0.3 is 0 Å². The van der Waals surface area contributed by atoms with Crippen molar-refractivity contribution in [3.8, 4) is 5.75 Å². The van der Waals surface area contributed by atoms with Crippen LogP contribution in [0.1, 0.15) is 46.5 Å². The summed E-state index contributed by atoms with van der Waals surface area (Å²) in [4.78, 5) is 0.221. The summed E-state index contributed by atoms with van der Waals surface area (Å²) in [5, 5.41) is 0. The molecule has 2 aromatic rings. The molecule has 3 rings (SSSR count). The molecule has 1 aliphatic heterocycles. The molecule has 0 aromatic heterocycles. The van der Waals surface area contributed by atoms with E-state index < -0.39 is 0 Å². The Balaban J connectivity index is 1.99. The van der Waals surface area contributed by atoms with Crippen molar-refractivity contribution in [1.82, 2.24) is 0 Å². The molecule has 1 aliphatic rings. The van der Waals surface area contributed by atoms with Crippen LogP contribution in [0.5, 0.6) is 5.75 Å². The summed E-state index contributed by atoms with van der Waals surface area (Å²) >= 11 is 3.86. The maximum atomic E-state index is 5.77. The van der Waals surface area contributed by atoms with Gasteiger partial charge in [-0.25, -0.2) is 0 Å². The number of fused-ring (bicyclic) bond motifs is 1. The Morgan fingerprint density at radius 2 is 1.67 bits per heavy atom. The average molecular weight is 345 g/mol. The zero-order valence-corrected chi connectivity index (χ0v) is 14.6. The van der Waals surface area contributed by atoms with Crippen molar-refractivity contribution in [1.29, 1.82) is 0 Å². The monoisotopic (exact) mass is 344 g/mol. The van der Waals surface area contributed by atoms with Gasteiger partial charge in [-0.3, -0.25) is 0 Å². The molecule has 21 heavy (non-hydrogen) atoms. The molecule has 0 fully saturated rings. The van der Waals surface area contributed by atoms with Crippen LogP contribution in [0.2, 0.25) is 0 Å². The second-order valence-electron chi connectivity index (χ2n) is 6.63. The van der Waals surface area contributed by atoms with E-state index in [9.17, 15) is 0 Å². The molecular formula is C19H21BrO. The van der Waals surface area contributed by atoms with E-state index in [1.54, 1.807) is 0 Å². The topological polar surface area (TPSA) is 9.23 Å². The fourth-order valence-electron chi connectivity index (χ4n) is 2.81. The zero-order chi connectivity index (χ0) is 15.2. The summed E-state index contributed by atoms with van der Waals surface area (Å²) in [6.45, 7) is 9.56. The molecule has 1 nitrogen and oxygen atoms in total. The second-order valence-corrected chi connectivity index (χ2v) is 7.55. The summed E-state index contributed by atoms with van der Waals surface area (Å²) in [5.41, 5.74) is 6.67. The van der Waals surface area contributed by atoms with Gasteiger partial charge in [0.2, 0.25) is 0 Å². The lowest BCUT2D eigenvalue weighted by Crippen LogP contribution is -2.18. The highest BCUT2D eigenvalue weighted by Gasteiger charge is 2.32. The highest BCUT2D eigenvalue weighted by atomic mass is 79.9. The molecule has 0 bridgehead atoms. The van der Waals surface area contributed by atoms with Gasteiger partial charge in [-0.1, -0.05) is 54.0 Å². The van der Waals surface area contributed by atoms with Crippen molar-refractivity contribution < 1.29 is 4.74 Å². The van der Waals surface area contributed by atoms with Gasteiger partial charge in [0.25, 0.3) is 0 Å². The highest BCUT2D eigenvalue weighted by molar-refractivity contribution is 9.09. The second kappa shape index (κ2) is 5.17. The normalized spacial score (nSPS) is 17.2. The minimum Gasteiger partial charge on any atom is -0.492 e. The lowest BCUT2D eigenvalue weighted by molar-refractivity contribution is 0.291. The quantitative estimate of drug-likeness (QED) is 0.657. The number of benzene rings is 2. The van der Waals surface area contributed by atoms with Crippen molar-refractivity contribution in [2.24, 2.45) is 0 Å². The lowest BCUT2D eigenvalue weighted by Gasteiger charge is -2.18. The van der Waals surface area contributed by atoms with Gasteiger partial charge in [-0.05, 0) is 48.2 Å². The predicted molar refractivity (Wildman–Crippen MR) is 91.6 cm³/mol. The Kier molecular flexibility index (Phi) is 3.61. The van der Waals surface area contributed by atoms with E-state index in [0.717, 1.165) is 12.4 Å². The highest BCUT2D eigenvalue weighted by Crippen LogP contribution is 2.41. The first-order chi connectivity index (χ1) is 9.88. The third-order valence-corrected chi connectivity index (χ3v) is 5.49. The Morgan fingerprint density at radius 3 is 2.38 bits per heavy atom. The third kappa shape index (κ3) is 2.62. The molecule has 2 aromatic carbocycles. The number of hydrogen-bond acceptors (Lipinski definition) is 1. The number of aryl methyl sites for hydroxylation is 2. The van der Waals surface area contributed by atoms with Crippen LogP contribution in [-0.2, 0) is 5.41 Å². The molecule has 0 amide bonds. The Labute approximate surface area is 135 Å². The van der Waals surface area contributed by atoms with E-state index in [1.165, 1.54) is 27.8 Å². The molecule has 0 N–H and O–H groups in total. The van der Waals surface area contributed by atoms with Gasteiger partial charge in [0.05, 0.1) is 11.4 Å². The van der Waals surface area contributed by atoms with Gasteiger partial charge in [-0.15, -0.1) is 0 Å². The van der Waals surface area contributed by atoms with Gasteiger partial charge < -0.3 is 4.74 Å². The van der Waals surface area contributed by atoms with Crippen LogP contribution in [0.3, 0.4) is 0 Å². The van der Waals surface area contributed by atoms with Crippen LogP contribution in [0.4, 0.5) is 0 Å². The SMILES string of the molecule is Cc1ccc(C(Br)c2ccc3c(c2)C(C)(C)CO3)cc1C. The molecule has 0 saturated heterocycles. The van der Waals surface area contributed by atoms with Crippen LogP contribution in [-0.4, -0.2) is 6.61 Å². The van der Waals surface area contributed by atoms with E-state index in [4.69, 9.17) is 4.74 Å². The molecule has 0 saturated carbocycles. The van der Waals surface area contributed by atoms with E-state index in [-0.39, 0.29) is 10.2 Å². The van der Waals surface area contributed by atoms with Crippen LogP contribution >= 0.6 is 15.9 Å². The molecular weight excluding hydrogens is 324 g/mol. The molecule has 1 unspecified atom stereocenters. The summed E-state index contributed by atoms with van der Waals surface area (Å²) in [6, 6.07) is 13.2. The minimum absolute atomic E-state index is 0.0985. The van der Waals surface area contributed by atoms with E-state index in [2.05, 4.69) is 80.0 Å². The van der Waals surface area contributed by atoms with Gasteiger partial charge in [0.1, 0.15) is 5.75 Å². The largest absolute Gasteiger partial charge is 0.492 e. The fraction of sp³-hybridized carbons (Fsp3) is 0.368. The predicted octanol–water partition coefficient (Wildman–Crippen LogP) is 5.46. The summed E-state index contributed by atoms with van der Waals surface area (Å²) in [6.07, 6.45) is 0. The van der Waals surface area contributed by atoms with E-state index in [0.29, 0.717) is 0 Å². The average Bonchev–Trinajstić information content (AvgIpc) is 2.76. The molecule has 1 atom stereocenters. The lowest BCUT2D eigenvalue weighted by atomic mass is 9.85. The maximum absolute atomic E-state index is 5.77. The molecule has 1 heterocycles. The van der Waals surface area contributed by atoms with Gasteiger partial charge in [0.15, 0.2) is 0 Å².